The summed E-state index contributed by atoms with van der Waals surface area (Å²) < 4.78 is 0. The van der Waals surface area contributed by atoms with Gasteiger partial charge < -0.3 is 5.11 Å². The fraction of sp³-hybridized carbons (Fsp3) is 0.833. The maximum absolute atomic E-state index is 8.57. The van der Waals surface area contributed by atoms with Crippen LogP contribution in [0.3, 0.4) is 0 Å². The Balaban J connectivity index is 2.34. The zero-order valence-electron chi connectivity index (χ0n) is 5.72. The molecular formula is C6H13N2O+. The summed E-state index contributed by atoms with van der Waals surface area (Å²) in [5.74, 6) is 1.14. The molecule has 0 fully saturated rings. The predicted molar refractivity (Wildman–Crippen MR) is 35.8 cm³/mol. The Hall–Kier alpha value is -0.410. The summed E-state index contributed by atoms with van der Waals surface area (Å²) in [7, 11) is 0. The zero-order chi connectivity index (χ0) is 6.69. The van der Waals surface area contributed by atoms with Gasteiger partial charge in [0.05, 0.1) is 13.2 Å². The highest BCUT2D eigenvalue weighted by molar-refractivity contribution is 5.71. The van der Waals surface area contributed by atoms with E-state index in [1.165, 1.54) is 4.90 Å². The van der Waals surface area contributed by atoms with Crippen LogP contribution < -0.4 is 4.90 Å². The van der Waals surface area contributed by atoms with Crippen LogP contribution in [0.5, 0.6) is 0 Å². The van der Waals surface area contributed by atoms with E-state index < -0.39 is 0 Å². The third kappa shape index (κ3) is 1.50. The summed E-state index contributed by atoms with van der Waals surface area (Å²) in [4.78, 5) is 5.54. The maximum Gasteiger partial charge on any atom is 0.193 e. The molecule has 52 valence electrons. The van der Waals surface area contributed by atoms with Crippen LogP contribution in [0, 0.1) is 0 Å². The van der Waals surface area contributed by atoms with E-state index >= 15 is 0 Å². The van der Waals surface area contributed by atoms with Gasteiger partial charge in [-0.2, -0.15) is 0 Å². The summed E-state index contributed by atoms with van der Waals surface area (Å²) in [5, 5.41) is 8.57. The van der Waals surface area contributed by atoms with Crippen LogP contribution in [-0.4, -0.2) is 37.2 Å². The lowest BCUT2D eigenvalue weighted by atomic mass is 10.5. The Morgan fingerprint density at radius 1 is 1.78 bits per heavy atom. The quantitative estimate of drug-likeness (QED) is 0.458. The number of nitrogens with zero attached hydrogens (tertiary/aromatic N) is 1. The Labute approximate surface area is 55.0 Å². The van der Waals surface area contributed by atoms with Crippen LogP contribution in [-0.2, 0) is 0 Å². The van der Waals surface area contributed by atoms with Gasteiger partial charge in [0.25, 0.3) is 0 Å². The first-order valence-corrected chi connectivity index (χ1v) is 3.31. The normalized spacial score (nSPS) is 26.4. The Morgan fingerprint density at radius 3 is 3.00 bits per heavy atom. The van der Waals surface area contributed by atoms with Crippen molar-refractivity contribution in [1.82, 2.24) is 0 Å². The van der Waals surface area contributed by atoms with Crippen LogP contribution in [0.4, 0.5) is 0 Å². The Bertz CT molecular complexity index is 122. The van der Waals surface area contributed by atoms with E-state index in [9.17, 15) is 0 Å². The molecule has 1 aliphatic heterocycles. The van der Waals surface area contributed by atoms with E-state index in [0.29, 0.717) is 0 Å². The highest BCUT2D eigenvalue weighted by Crippen LogP contribution is 1.75. The number of aliphatic hydroxyl groups excluding tert-OH is 1. The van der Waals surface area contributed by atoms with Crippen molar-refractivity contribution in [2.75, 3.05) is 26.2 Å². The molecule has 0 radical (unpaired) electrons. The van der Waals surface area contributed by atoms with Gasteiger partial charge in [0.1, 0.15) is 13.1 Å². The SMILES string of the molecule is CC1=NCC[NH+]1CCO. The molecule has 0 aliphatic carbocycles. The van der Waals surface area contributed by atoms with E-state index in [1.807, 2.05) is 6.92 Å². The van der Waals surface area contributed by atoms with Gasteiger partial charge >= 0.3 is 0 Å². The first-order valence-electron chi connectivity index (χ1n) is 3.31. The monoisotopic (exact) mass is 129 g/mol. The van der Waals surface area contributed by atoms with Crippen molar-refractivity contribution in [3.63, 3.8) is 0 Å². The average Bonchev–Trinajstić information content (AvgIpc) is 2.18. The summed E-state index contributed by atoms with van der Waals surface area (Å²) >= 11 is 0. The second kappa shape index (κ2) is 2.94. The number of amidine groups is 1. The lowest BCUT2D eigenvalue weighted by Gasteiger charge is -2.08. The highest BCUT2D eigenvalue weighted by Gasteiger charge is 2.16. The van der Waals surface area contributed by atoms with E-state index in [4.69, 9.17) is 5.11 Å². The second-order valence-corrected chi connectivity index (χ2v) is 2.29. The van der Waals surface area contributed by atoms with E-state index in [0.717, 1.165) is 25.5 Å². The Kier molecular flexibility index (Phi) is 2.19. The summed E-state index contributed by atoms with van der Waals surface area (Å²) in [6.07, 6.45) is 0. The standard InChI is InChI=1S/C6H12N2O/c1-6-7-2-3-8(6)4-5-9/h9H,2-5H2,1H3/p+1. The smallest absolute Gasteiger partial charge is 0.193 e. The molecule has 1 aliphatic rings. The number of nitrogens with one attached hydrogen (secondary N) is 1. The molecule has 0 amide bonds. The number of quaternary nitrogens is 1. The van der Waals surface area contributed by atoms with Crippen LogP contribution in [0.1, 0.15) is 6.92 Å². The molecule has 1 heterocycles. The molecular weight excluding hydrogens is 116 g/mol. The first kappa shape index (κ1) is 6.71. The summed E-state index contributed by atoms with van der Waals surface area (Å²) in [5.41, 5.74) is 0. The number of aliphatic hydroxyl groups is 1. The topological polar surface area (TPSA) is 37.0 Å². The number of rotatable bonds is 2. The molecule has 0 aromatic carbocycles. The summed E-state index contributed by atoms with van der Waals surface area (Å²) in [6, 6.07) is 0. The minimum atomic E-state index is 0.266. The molecule has 3 heteroatoms. The van der Waals surface area contributed by atoms with Crippen molar-refractivity contribution in [2.45, 2.75) is 6.92 Å². The minimum Gasteiger partial charge on any atom is -0.390 e. The molecule has 3 nitrogen and oxygen atoms in total. The molecule has 1 unspecified atom stereocenters. The van der Waals surface area contributed by atoms with Gasteiger partial charge in [-0.25, -0.2) is 4.99 Å². The number of hydrogen-bond donors (Lipinski definition) is 2. The predicted octanol–water partition coefficient (Wildman–Crippen LogP) is -1.70. The van der Waals surface area contributed by atoms with Gasteiger partial charge in [0.2, 0.25) is 0 Å². The fourth-order valence-corrected chi connectivity index (χ4v) is 1.09. The van der Waals surface area contributed by atoms with Gasteiger partial charge in [-0.15, -0.1) is 0 Å². The number of aliphatic imine (C=N–C) groups is 1. The molecule has 0 aromatic heterocycles. The van der Waals surface area contributed by atoms with Crippen LogP contribution >= 0.6 is 0 Å². The van der Waals surface area contributed by atoms with E-state index in [2.05, 4.69) is 4.99 Å². The molecule has 0 spiro atoms. The van der Waals surface area contributed by atoms with E-state index in [1.54, 1.807) is 0 Å². The first-order chi connectivity index (χ1) is 4.34. The van der Waals surface area contributed by atoms with Gasteiger partial charge in [0, 0.05) is 6.92 Å². The van der Waals surface area contributed by atoms with Crippen molar-refractivity contribution in [3.05, 3.63) is 0 Å². The molecule has 9 heavy (non-hydrogen) atoms. The van der Waals surface area contributed by atoms with Crippen molar-refractivity contribution in [3.8, 4) is 0 Å². The zero-order valence-corrected chi connectivity index (χ0v) is 5.72. The molecule has 0 bridgehead atoms. The molecule has 1 rings (SSSR count). The van der Waals surface area contributed by atoms with Gasteiger partial charge in [0.15, 0.2) is 5.84 Å². The van der Waals surface area contributed by atoms with Gasteiger partial charge in [-0.3, -0.25) is 4.90 Å². The van der Waals surface area contributed by atoms with Crippen molar-refractivity contribution in [1.29, 1.82) is 0 Å². The molecule has 1 atom stereocenters. The molecule has 0 saturated carbocycles. The third-order valence-corrected chi connectivity index (χ3v) is 1.69. The second-order valence-electron chi connectivity index (χ2n) is 2.29. The fourth-order valence-electron chi connectivity index (χ4n) is 1.09. The Morgan fingerprint density at radius 2 is 2.56 bits per heavy atom. The van der Waals surface area contributed by atoms with Gasteiger partial charge in [-0.05, 0) is 0 Å². The maximum atomic E-state index is 8.57. The minimum absolute atomic E-state index is 0.266. The average molecular weight is 129 g/mol. The van der Waals surface area contributed by atoms with Crippen LogP contribution in [0.25, 0.3) is 0 Å². The summed E-state index contributed by atoms with van der Waals surface area (Å²) in [6.45, 7) is 5.09. The third-order valence-electron chi connectivity index (χ3n) is 1.69. The lowest BCUT2D eigenvalue weighted by Crippen LogP contribution is -3.13. The van der Waals surface area contributed by atoms with Crippen molar-refractivity contribution in [2.24, 2.45) is 4.99 Å². The van der Waals surface area contributed by atoms with Crippen LogP contribution in [0.2, 0.25) is 0 Å². The lowest BCUT2D eigenvalue weighted by molar-refractivity contribution is -0.799. The highest BCUT2D eigenvalue weighted by atomic mass is 16.3. The van der Waals surface area contributed by atoms with E-state index in [-0.39, 0.29) is 6.61 Å². The molecule has 2 N–H and O–H groups in total. The molecule has 0 aromatic rings. The van der Waals surface area contributed by atoms with Crippen molar-refractivity contribution < 1.29 is 10.0 Å². The largest absolute Gasteiger partial charge is 0.390 e. The van der Waals surface area contributed by atoms with Gasteiger partial charge in [-0.1, -0.05) is 0 Å². The molecule has 0 saturated heterocycles. The number of hydrogen-bond acceptors (Lipinski definition) is 2. The van der Waals surface area contributed by atoms with Crippen LogP contribution in [0.15, 0.2) is 4.99 Å². The van der Waals surface area contributed by atoms with Crippen molar-refractivity contribution >= 4 is 5.84 Å².